The van der Waals surface area contributed by atoms with E-state index in [1.807, 2.05) is 6.07 Å². The number of hydrogen-bond acceptors (Lipinski definition) is 4. The van der Waals surface area contributed by atoms with Crippen LogP contribution in [-0.4, -0.2) is 42.2 Å². The van der Waals surface area contributed by atoms with Gasteiger partial charge in [0.1, 0.15) is 0 Å². The summed E-state index contributed by atoms with van der Waals surface area (Å²) >= 11 is 0. The van der Waals surface area contributed by atoms with Gasteiger partial charge in [-0.25, -0.2) is 0 Å². The molecule has 1 saturated heterocycles. The van der Waals surface area contributed by atoms with Crippen LogP contribution in [0.2, 0.25) is 0 Å². The number of nitrogens with zero attached hydrogens (tertiary/aromatic N) is 3. The zero-order valence-electron chi connectivity index (χ0n) is 15.7. The largest absolute Gasteiger partial charge is 0.359 e. The first kappa shape index (κ1) is 18.5. The summed E-state index contributed by atoms with van der Waals surface area (Å²) in [4.78, 5) is 6.87. The van der Waals surface area contributed by atoms with E-state index >= 15 is 0 Å². The maximum atomic E-state index is 5.31. The summed E-state index contributed by atoms with van der Waals surface area (Å²) < 4.78 is 5.31. The molecular formula is C20H29N5O. The molecule has 1 aromatic heterocycles. The van der Waals surface area contributed by atoms with Gasteiger partial charge in [0.2, 0.25) is 0 Å². The number of likely N-dealkylation sites (tertiary alicyclic amines) is 1. The van der Waals surface area contributed by atoms with Gasteiger partial charge in [-0.1, -0.05) is 42.4 Å². The van der Waals surface area contributed by atoms with E-state index in [1.165, 1.54) is 18.4 Å². The van der Waals surface area contributed by atoms with E-state index < -0.39 is 0 Å². The number of rotatable bonds is 7. The quantitative estimate of drug-likeness (QED) is 0.590. The summed E-state index contributed by atoms with van der Waals surface area (Å²) in [6.07, 6.45) is 3.36. The van der Waals surface area contributed by atoms with Gasteiger partial charge in [-0.05, 0) is 31.4 Å². The third kappa shape index (κ3) is 5.08. The van der Waals surface area contributed by atoms with E-state index in [9.17, 15) is 0 Å². The van der Waals surface area contributed by atoms with E-state index in [0.29, 0.717) is 12.6 Å². The molecule has 1 fully saturated rings. The number of aromatic nitrogens is 1. The van der Waals surface area contributed by atoms with Crippen molar-refractivity contribution in [2.24, 2.45) is 4.99 Å². The maximum Gasteiger partial charge on any atom is 0.191 e. The van der Waals surface area contributed by atoms with E-state index in [1.54, 1.807) is 7.05 Å². The summed E-state index contributed by atoms with van der Waals surface area (Å²) in [5.41, 5.74) is 2.35. The zero-order chi connectivity index (χ0) is 18.2. The number of guanidine groups is 1. The second-order valence-electron chi connectivity index (χ2n) is 6.70. The monoisotopic (exact) mass is 355 g/mol. The molecule has 1 aliphatic heterocycles. The fourth-order valence-electron chi connectivity index (χ4n) is 3.36. The number of aliphatic imine (C=N–C) groups is 1. The zero-order valence-corrected chi connectivity index (χ0v) is 15.7. The first-order valence-electron chi connectivity index (χ1n) is 9.45. The highest BCUT2D eigenvalue weighted by Gasteiger charge is 2.24. The van der Waals surface area contributed by atoms with Gasteiger partial charge in [0.05, 0.1) is 12.2 Å². The molecule has 0 amide bonds. The SMILES string of the molecule is CCc1cc(CNC(=NC)NCC2CCCN2Cc2ccccc2)on1. The lowest BCUT2D eigenvalue weighted by Crippen LogP contribution is -2.44. The van der Waals surface area contributed by atoms with Gasteiger partial charge in [-0.15, -0.1) is 0 Å². The Hall–Kier alpha value is -2.34. The fraction of sp³-hybridized carbons (Fsp3) is 0.500. The Morgan fingerprint density at radius 1 is 1.31 bits per heavy atom. The van der Waals surface area contributed by atoms with Gasteiger partial charge in [0, 0.05) is 32.2 Å². The summed E-state index contributed by atoms with van der Waals surface area (Å²) in [5, 5.41) is 10.8. The second kappa shape index (κ2) is 9.38. The summed E-state index contributed by atoms with van der Waals surface area (Å²) in [5.74, 6) is 1.63. The Kier molecular flexibility index (Phi) is 6.66. The first-order chi connectivity index (χ1) is 12.8. The molecule has 26 heavy (non-hydrogen) atoms. The van der Waals surface area contributed by atoms with Crippen LogP contribution in [0, 0.1) is 0 Å². The summed E-state index contributed by atoms with van der Waals surface area (Å²) in [6, 6.07) is 13.2. The van der Waals surface area contributed by atoms with Gasteiger partial charge in [-0.2, -0.15) is 0 Å². The van der Waals surface area contributed by atoms with Crippen molar-refractivity contribution in [1.82, 2.24) is 20.7 Å². The molecule has 2 N–H and O–H groups in total. The fourth-order valence-corrected chi connectivity index (χ4v) is 3.36. The Morgan fingerprint density at radius 3 is 2.88 bits per heavy atom. The lowest BCUT2D eigenvalue weighted by atomic mass is 10.2. The highest BCUT2D eigenvalue weighted by atomic mass is 16.5. The van der Waals surface area contributed by atoms with E-state index in [2.05, 4.69) is 62.9 Å². The van der Waals surface area contributed by atoms with Crippen LogP contribution in [0.25, 0.3) is 0 Å². The van der Waals surface area contributed by atoms with Crippen LogP contribution in [0.15, 0.2) is 45.9 Å². The molecule has 2 aromatic rings. The van der Waals surface area contributed by atoms with Crippen molar-refractivity contribution in [3.63, 3.8) is 0 Å². The molecular weight excluding hydrogens is 326 g/mol. The van der Waals surface area contributed by atoms with E-state index in [4.69, 9.17) is 4.52 Å². The van der Waals surface area contributed by atoms with Crippen molar-refractivity contribution in [2.45, 2.75) is 45.3 Å². The first-order valence-corrected chi connectivity index (χ1v) is 9.45. The molecule has 0 saturated carbocycles. The second-order valence-corrected chi connectivity index (χ2v) is 6.70. The van der Waals surface area contributed by atoms with Crippen molar-refractivity contribution in [3.05, 3.63) is 53.4 Å². The third-order valence-electron chi connectivity index (χ3n) is 4.86. The van der Waals surface area contributed by atoms with Crippen molar-refractivity contribution in [3.8, 4) is 0 Å². The predicted octanol–water partition coefficient (Wildman–Crippen LogP) is 2.57. The van der Waals surface area contributed by atoms with Gasteiger partial charge in [0.25, 0.3) is 0 Å². The molecule has 0 bridgehead atoms. The molecule has 0 aliphatic carbocycles. The van der Waals surface area contributed by atoms with Gasteiger partial charge in [0.15, 0.2) is 11.7 Å². The minimum Gasteiger partial charge on any atom is -0.359 e. The summed E-state index contributed by atoms with van der Waals surface area (Å²) in [7, 11) is 1.80. The average Bonchev–Trinajstić information content (AvgIpc) is 3.32. The number of aryl methyl sites for hydroxylation is 1. The molecule has 1 aromatic carbocycles. The third-order valence-corrected chi connectivity index (χ3v) is 4.86. The molecule has 0 spiro atoms. The van der Waals surface area contributed by atoms with Crippen LogP contribution in [0.5, 0.6) is 0 Å². The Morgan fingerprint density at radius 2 is 2.15 bits per heavy atom. The Balaban J connectivity index is 1.46. The lowest BCUT2D eigenvalue weighted by Gasteiger charge is -2.25. The summed E-state index contributed by atoms with van der Waals surface area (Å²) in [6.45, 7) is 5.72. The van der Waals surface area contributed by atoms with Crippen molar-refractivity contribution in [1.29, 1.82) is 0 Å². The minimum absolute atomic E-state index is 0.533. The number of benzene rings is 1. The molecule has 6 nitrogen and oxygen atoms in total. The van der Waals surface area contributed by atoms with Gasteiger partial charge in [-0.3, -0.25) is 9.89 Å². The predicted molar refractivity (Wildman–Crippen MR) is 104 cm³/mol. The van der Waals surface area contributed by atoms with E-state index in [0.717, 1.165) is 43.5 Å². The number of nitrogens with one attached hydrogen (secondary N) is 2. The molecule has 2 heterocycles. The van der Waals surface area contributed by atoms with Crippen LogP contribution in [0.4, 0.5) is 0 Å². The highest BCUT2D eigenvalue weighted by molar-refractivity contribution is 5.79. The minimum atomic E-state index is 0.533. The van der Waals surface area contributed by atoms with E-state index in [-0.39, 0.29) is 0 Å². The van der Waals surface area contributed by atoms with Gasteiger partial charge >= 0.3 is 0 Å². The topological polar surface area (TPSA) is 65.7 Å². The van der Waals surface area contributed by atoms with Crippen LogP contribution >= 0.6 is 0 Å². The lowest BCUT2D eigenvalue weighted by molar-refractivity contribution is 0.245. The molecule has 0 radical (unpaired) electrons. The Labute approximate surface area is 155 Å². The highest BCUT2D eigenvalue weighted by Crippen LogP contribution is 2.19. The van der Waals surface area contributed by atoms with Crippen molar-refractivity contribution >= 4 is 5.96 Å². The van der Waals surface area contributed by atoms with Crippen LogP contribution < -0.4 is 10.6 Å². The molecule has 6 heteroatoms. The average molecular weight is 355 g/mol. The normalized spacial score (nSPS) is 18.2. The molecule has 3 rings (SSSR count). The van der Waals surface area contributed by atoms with Gasteiger partial charge < -0.3 is 15.2 Å². The molecule has 1 aliphatic rings. The smallest absolute Gasteiger partial charge is 0.191 e. The standard InChI is InChI=1S/C20H29N5O/c1-3-17-12-19(26-24-17)14-23-20(21-2)22-13-18-10-7-11-25(18)15-16-8-5-4-6-9-16/h4-6,8-9,12,18H,3,7,10-11,13-15H2,1-2H3,(H2,21,22,23). The van der Waals surface area contributed by atoms with Crippen LogP contribution in [0.1, 0.15) is 36.8 Å². The molecule has 140 valence electrons. The molecule has 1 unspecified atom stereocenters. The van der Waals surface area contributed by atoms with Crippen LogP contribution in [0.3, 0.4) is 0 Å². The molecule has 1 atom stereocenters. The van der Waals surface area contributed by atoms with Crippen molar-refractivity contribution in [2.75, 3.05) is 20.1 Å². The van der Waals surface area contributed by atoms with Crippen molar-refractivity contribution < 1.29 is 4.52 Å². The number of hydrogen-bond donors (Lipinski definition) is 2. The maximum absolute atomic E-state index is 5.31. The van der Waals surface area contributed by atoms with Crippen LogP contribution in [-0.2, 0) is 19.5 Å². The Bertz CT molecular complexity index is 697.